The Bertz CT molecular complexity index is 253. The summed E-state index contributed by atoms with van der Waals surface area (Å²) in [5.41, 5.74) is 1.17. The molecule has 1 aromatic rings. The summed E-state index contributed by atoms with van der Waals surface area (Å²) >= 11 is 0. The van der Waals surface area contributed by atoms with Gasteiger partial charge in [-0.15, -0.1) is 0 Å². The average molecular weight is 251 g/mol. The molecule has 104 valence electrons. The Kier molecular flexibility index (Phi) is 17.0. The molecule has 0 amide bonds. The normalized spacial score (nSPS) is 8.78. The van der Waals surface area contributed by atoms with Gasteiger partial charge in [0.25, 0.3) is 0 Å². The molecule has 0 radical (unpaired) electrons. The number of methoxy groups -OCH3 is 1. The summed E-state index contributed by atoms with van der Waals surface area (Å²) in [6.07, 6.45) is 5.70. The molecule has 0 aromatic heterocycles. The van der Waals surface area contributed by atoms with Gasteiger partial charge in [0.05, 0.1) is 6.73 Å². The van der Waals surface area contributed by atoms with Crippen LogP contribution in [0.2, 0.25) is 0 Å². The maximum atomic E-state index is 4.81. The number of ether oxygens (including phenoxy) is 1. The molecule has 1 N–H and O–H groups in total. The van der Waals surface area contributed by atoms with Gasteiger partial charge in [-0.2, -0.15) is 0 Å². The average Bonchev–Trinajstić information content (AvgIpc) is 2.40. The number of hydrogen-bond acceptors (Lipinski definition) is 2. The quantitative estimate of drug-likeness (QED) is 0.575. The Labute approximate surface area is 113 Å². The molecule has 2 nitrogen and oxygen atoms in total. The van der Waals surface area contributed by atoms with Crippen LogP contribution in [-0.4, -0.2) is 20.4 Å². The van der Waals surface area contributed by atoms with E-state index in [4.69, 9.17) is 4.74 Å². The Morgan fingerprint density at radius 1 is 1.22 bits per heavy atom. The molecule has 0 bridgehead atoms. The molecule has 0 heterocycles. The fourth-order valence-electron chi connectivity index (χ4n) is 1.26. The van der Waals surface area contributed by atoms with E-state index in [1.807, 2.05) is 36.4 Å². The first-order valence-electron chi connectivity index (χ1n) is 6.22. The van der Waals surface area contributed by atoms with Gasteiger partial charge in [0.2, 0.25) is 0 Å². The summed E-state index contributed by atoms with van der Waals surface area (Å²) in [6.45, 7) is 7.60. The van der Waals surface area contributed by atoms with Crippen LogP contribution in [0.25, 0.3) is 6.08 Å². The van der Waals surface area contributed by atoms with Gasteiger partial charge in [-0.25, -0.2) is 0 Å². The van der Waals surface area contributed by atoms with Gasteiger partial charge in [0, 0.05) is 7.11 Å². The van der Waals surface area contributed by atoms with E-state index in [-0.39, 0.29) is 7.43 Å². The fraction of sp³-hybridized carbons (Fsp3) is 0.500. The van der Waals surface area contributed by atoms with Gasteiger partial charge < -0.3 is 4.74 Å². The van der Waals surface area contributed by atoms with Crippen molar-refractivity contribution in [2.24, 2.45) is 0 Å². The summed E-state index contributed by atoms with van der Waals surface area (Å²) < 4.78 is 4.81. The van der Waals surface area contributed by atoms with Crippen molar-refractivity contribution in [2.75, 3.05) is 20.4 Å². The number of hydrogen-bond donors (Lipinski definition) is 1. The second-order valence-corrected chi connectivity index (χ2v) is 3.75. The van der Waals surface area contributed by atoms with Crippen molar-refractivity contribution in [1.29, 1.82) is 0 Å². The Balaban J connectivity index is 0. The third-order valence-corrected chi connectivity index (χ3v) is 2.24. The molecule has 1 aromatic carbocycles. The SMILES string of the molecule is C.C=Cc1ccccc1.CCCCCNCOC. The predicted octanol–water partition coefficient (Wildman–Crippen LogP) is 4.34. The van der Waals surface area contributed by atoms with Crippen molar-refractivity contribution >= 4 is 6.08 Å². The monoisotopic (exact) mass is 251 g/mol. The minimum atomic E-state index is 0. The van der Waals surface area contributed by atoms with Crippen LogP contribution in [0.5, 0.6) is 0 Å². The predicted molar refractivity (Wildman–Crippen MR) is 82.7 cm³/mol. The lowest BCUT2D eigenvalue weighted by atomic mass is 10.2. The third kappa shape index (κ3) is 12.9. The maximum Gasteiger partial charge on any atom is 0.0961 e. The molecule has 0 atom stereocenters. The maximum absolute atomic E-state index is 4.81. The van der Waals surface area contributed by atoms with Gasteiger partial charge >= 0.3 is 0 Å². The molecular weight excluding hydrogens is 222 g/mol. The van der Waals surface area contributed by atoms with E-state index in [1.165, 1.54) is 24.8 Å². The Hall–Kier alpha value is -1.12. The van der Waals surface area contributed by atoms with Crippen LogP contribution in [0.4, 0.5) is 0 Å². The van der Waals surface area contributed by atoms with E-state index in [2.05, 4.69) is 18.8 Å². The zero-order chi connectivity index (χ0) is 12.8. The first kappa shape index (κ1) is 19.2. The molecule has 0 aliphatic heterocycles. The molecule has 0 saturated heterocycles. The van der Waals surface area contributed by atoms with E-state index < -0.39 is 0 Å². The summed E-state index contributed by atoms with van der Waals surface area (Å²) in [7, 11) is 1.70. The summed E-state index contributed by atoms with van der Waals surface area (Å²) in [4.78, 5) is 0. The molecular formula is C16H29NO. The topological polar surface area (TPSA) is 21.3 Å². The van der Waals surface area contributed by atoms with Crippen molar-refractivity contribution in [3.63, 3.8) is 0 Å². The Morgan fingerprint density at radius 2 is 1.89 bits per heavy atom. The molecule has 0 saturated carbocycles. The third-order valence-electron chi connectivity index (χ3n) is 2.24. The zero-order valence-electron chi connectivity index (χ0n) is 11.1. The van der Waals surface area contributed by atoms with Crippen LogP contribution in [-0.2, 0) is 4.74 Å². The number of unbranched alkanes of at least 4 members (excludes halogenated alkanes) is 2. The molecule has 0 spiro atoms. The van der Waals surface area contributed by atoms with Crippen molar-refractivity contribution in [3.8, 4) is 0 Å². The van der Waals surface area contributed by atoms with Crippen molar-refractivity contribution in [3.05, 3.63) is 42.5 Å². The second kappa shape index (κ2) is 15.9. The van der Waals surface area contributed by atoms with E-state index >= 15 is 0 Å². The number of rotatable bonds is 7. The lowest BCUT2D eigenvalue weighted by Crippen LogP contribution is -2.17. The summed E-state index contributed by atoms with van der Waals surface area (Å²) in [6, 6.07) is 10.0. The highest BCUT2D eigenvalue weighted by Gasteiger charge is 1.83. The van der Waals surface area contributed by atoms with Gasteiger partial charge in [-0.1, -0.05) is 70.2 Å². The van der Waals surface area contributed by atoms with Crippen LogP contribution < -0.4 is 5.32 Å². The van der Waals surface area contributed by atoms with Gasteiger partial charge in [-0.05, 0) is 18.5 Å². The molecule has 0 aliphatic carbocycles. The highest BCUT2D eigenvalue weighted by atomic mass is 16.5. The summed E-state index contributed by atoms with van der Waals surface area (Å²) in [5.74, 6) is 0. The van der Waals surface area contributed by atoms with Crippen LogP contribution in [0.15, 0.2) is 36.9 Å². The molecule has 0 fully saturated rings. The summed E-state index contributed by atoms with van der Waals surface area (Å²) in [5, 5.41) is 3.15. The first-order valence-corrected chi connectivity index (χ1v) is 6.22. The standard InChI is InChI=1S/C8H8.C7H17NO.CH4/c1-2-8-6-4-3-5-7-8;1-3-4-5-6-8-7-9-2;/h2-7H,1H2;8H,3-7H2,1-2H3;1H4. The fourth-order valence-corrected chi connectivity index (χ4v) is 1.26. The first-order chi connectivity index (χ1) is 8.35. The lowest BCUT2D eigenvalue weighted by molar-refractivity contribution is 0.175. The van der Waals surface area contributed by atoms with Crippen LogP contribution in [0, 0.1) is 0 Å². The largest absolute Gasteiger partial charge is 0.370 e. The van der Waals surface area contributed by atoms with Gasteiger partial charge in [0.1, 0.15) is 0 Å². The van der Waals surface area contributed by atoms with E-state index in [0.717, 1.165) is 6.54 Å². The molecule has 2 heteroatoms. The van der Waals surface area contributed by atoms with Crippen LogP contribution in [0.3, 0.4) is 0 Å². The van der Waals surface area contributed by atoms with Crippen LogP contribution >= 0.6 is 0 Å². The van der Waals surface area contributed by atoms with Gasteiger partial charge in [-0.3, -0.25) is 5.32 Å². The number of benzene rings is 1. The smallest absolute Gasteiger partial charge is 0.0961 e. The highest BCUT2D eigenvalue weighted by molar-refractivity contribution is 5.45. The minimum Gasteiger partial charge on any atom is -0.370 e. The lowest BCUT2D eigenvalue weighted by Gasteiger charge is -2.00. The van der Waals surface area contributed by atoms with Crippen molar-refractivity contribution < 1.29 is 4.74 Å². The molecule has 1 rings (SSSR count). The number of nitrogens with one attached hydrogen (secondary N) is 1. The van der Waals surface area contributed by atoms with Crippen molar-refractivity contribution in [1.82, 2.24) is 5.32 Å². The second-order valence-electron chi connectivity index (χ2n) is 3.75. The molecule has 0 aliphatic rings. The van der Waals surface area contributed by atoms with E-state index in [0.29, 0.717) is 6.73 Å². The van der Waals surface area contributed by atoms with Gasteiger partial charge in [0.15, 0.2) is 0 Å². The minimum absolute atomic E-state index is 0. The zero-order valence-corrected chi connectivity index (χ0v) is 11.1. The molecule has 18 heavy (non-hydrogen) atoms. The van der Waals surface area contributed by atoms with E-state index in [1.54, 1.807) is 7.11 Å². The van der Waals surface area contributed by atoms with Crippen LogP contribution in [0.1, 0.15) is 39.2 Å². The van der Waals surface area contributed by atoms with Crippen molar-refractivity contribution in [2.45, 2.75) is 33.6 Å². The highest BCUT2D eigenvalue weighted by Crippen LogP contribution is 1.97. The van der Waals surface area contributed by atoms with E-state index in [9.17, 15) is 0 Å². The Morgan fingerprint density at radius 3 is 2.33 bits per heavy atom. The molecule has 0 unspecified atom stereocenters.